The number of amides is 1. The number of rotatable bonds is 5. The minimum absolute atomic E-state index is 0.0946. The van der Waals surface area contributed by atoms with Crippen molar-refractivity contribution in [2.75, 3.05) is 12.5 Å². The van der Waals surface area contributed by atoms with E-state index >= 15 is 0 Å². The molecule has 2 aromatic carbocycles. The first-order chi connectivity index (χ1) is 17.7. The van der Waals surface area contributed by atoms with Crippen molar-refractivity contribution in [2.24, 2.45) is 0 Å². The van der Waals surface area contributed by atoms with E-state index in [1.165, 1.54) is 18.0 Å². The van der Waals surface area contributed by atoms with Gasteiger partial charge in [-0.2, -0.15) is 18.4 Å². The topological polar surface area (TPSA) is 117 Å². The van der Waals surface area contributed by atoms with Crippen molar-refractivity contribution in [3.8, 4) is 11.8 Å². The number of hydrazine groups is 1. The van der Waals surface area contributed by atoms with Crippen LogP contribution in [0.3, 0.4) is 0 Å². The number of nitrogens with zero attached hydrogens (tertiary/aromatic N) is 4. The summed E-state index contributed by atoms with van der Waals surface area (Å²) in [5.74, 6) is -1.93. The predicted octanol–water partition coefficient (Wildman–Crippen LogP) is 4.49. The number of hydrogen-bond donors (Lipinski definition) is 1. The van der Waals surface area contributed by atoms with Crippen LogP contribution in [0, 0.1) is 18.3 Å². The van der Waals surface area contributed by atoms with E-state index in [2.05, 4.69) is 15.1 Å². The summed E-state index contributed by atoms with van der Waals surface area (Å²) in [6, 6.07) is 12.2. The second-order valence-corrected chi connectivity index (χ2v) is 9.19. The van der Waals surface area contributed by atoms with Gasteiger partial charge < -0.3 is 4.74 Å². The number of carbonyl (C=O) groups excluding carboxylic acids is 2. The van der Waals surface area contributed by atoms with Crippen molar-refractivity contribution in [2.45, 2.75) is 39.4 Å². The normalized spacial score (nSPS) is 11.4. The molecular weight excluding hydrogens is 503 g/mol. The number of ether oxygens (including phenoxy) is 1. The molecule has 38 heavy (non-hydrogen) atoms. The Morgan fingerprint density at radius 2 is 1.71 bits per heavy atom. The number of methoxy groups -OCH3 is 1. The van der Waals surface area contributed by atoms with Gasteiger partial charge in [0.15, 0.2) is 5.69 Å². The van der Waals surface area contributed by atoms with E-state index in [0.717, 1.165) is 29.9 Å². The zero-order valence-corrected chi connectivity index (χ0v) is 21.2. The van der Waals surface area contributed by atoms with Gasteiger partial charge in [-0.3, -0.25) is 19.6 Å². The van der Waals surface area contributed by atoms with E-state index < -0.39 is 40.4 Å². The van der Waals surface area contributed by atoms with Crippen LogP contribution in [0.5, 0.6) is 0 Å². The summed E-state index contributed by atoms with van der Waals surface area (Å²) in [4.78, 5) is 43.4. The van der Waals surface area contributed by atoms with Crippen molar-refractivity contribution >= 4 is 17.6 Å². The molecule has 0 aliphatic carbocycles. The van der Waals surface area contributed by atoms with Crippen molar-refractivity contribution in [1.29, 1.82) is 5.26 Å². The van der Waals surface area contributed by atoms with Gasteiger partial charge in [0, 0.05) is 5.69 Å². The van der Waals surface area contributed by atoms with E-state index in [0.29, 0.717) is 11.3 Å². The molecule has 0 atom stereocenters. The van der Waals surface area contributed by atoms with Crippen LogP contribution in [0.1, 0.15) is 58.6 Å². The fourth-order valence-corrected chi connectivity index (χ4v) is 3.55. The molecule has 1 N–H and O–H groups in total. The molecule has 9 nitrogen and oxygen atoms in total. The predicted molar refractivity (Wildman–Crippen MR) is 132 cm³/mol. The Morgan fingerprint density at radius 3 is 2.24 bits per heavy atom. The van der Waals surface area contributed by atoms with E-state index in [1.54, 1.807) is 45.0 Å². The van der Waals surface area contributed by atoms with Crippen molar-refractivity contribution in [3.05, 3.63) is 87.1 Å². The summed E-state index contributed by atoms with van der Waals surface area (Å²) in [6.07, 6.45) is -4.70. The molecular formula is C26H24F3N5O4. The first kappa shape index (κ1) is 27.9. The molecule has 0 fully saturated rings. The molecule has 1 amide bonds. The number of carbonyl (C=O) groups is 2. The number of halogens is 3. The molecule has 0 aliphatic rings. The van der Waals surface area contributed by atoms with E-state index in [1.807, 2.05) is 6.07 Å². The lowest BCUT2D eigenvalue weighted by molar-refractivity contribution is -0.137. The third-order valence-corrected chi connectivity index (χ3v) is 5.45. The number of hydrogen-bond acceptors (Lipinski definition) is 7. The smallest absolute Gasteiger partial charge is 0.416 e. The van der Waals surface area contributed by atoms with Crippen LogP contribution >= 0.6 is 0 Å². The van der Waals surface area contributed by atoms with Gasteiger partial charge in [0.2, 0.25) is 5.69 Å². The highest BCUT2D eigenvalue weighted by Crippen LogP contribution is 2.30. The quantitative estimate of drug-likeness (QED) is 0.384. The summed E-state index contributed by atoms with van der Waals surface area (Å²) >= 11 is 0. The molecule has 0 saturated carbocycles. The van der Waals surface area contributed by atoms with Gasteiger partial charge in [0.25, 0.3) is 11.5 Å². The molecule has 1 heterocycles. The second-order valence-electron chi connectivity index (χ2n) is 9.19. The summed E-state index contributed by atoms with van der Waals surface area (Å²) in [7, 11) is 1.01. The molecule has 0 radical (unpaired) electrons. The molecule has 0 saturated heterocycles. The average Bonchev–Trinajstić information content (AvgIpc) is 2.86. The Labute approximate surface area is 216 Å². The highest BCUT2D eigenvalue weighted by Gasteiger charge is 2.34. The Balaban J connectivity index is 2.24. The molecule has 12 heteroatoms. The molecule has 0 spiro atoms. The van der Waals surface area contributed by atoms with Gasteiger partial charge in [-0.05, 0) is 70.2 Å². The van der Waals surface area contributed by atoms with Crippen molar-refractivity contribution in [1.82, 2.24) is 14.6 Å². The number of nitrogens with one attached hydrogen (secondary N) is 1. The summed E-state index contributed by atoms with van der Waals surface area (Å²) in [5, 5.41) is 10.2. The molecule has 1 aromatic heterocycles. The van der Waals surface area contributed by atoms with E-state index in [-0.39, 0.29) is 17.1 Å². The molecule has 0 aliphatic heterocycles. The Hall–Kier alpha value is -4.66. The SMILES string of the molecule is COC(=O)c1nc(C(=O)N(Nc2ccc(C#N)cc2)C(C)(C)C)c(C)n(-c2cccc(C(F)(F)F)c2)c1=O. The van der Waals surface area contributed by atoms with Crippen LogP contribution in [0.15, 0.2) is 53.3 Å². The van der Waals surface area contributed by atoms with Crippen molar-refractivity contribution in [3.63, 3.8) is 0 Å². The van der Waals surface area contributed by atoms with Crippen LogP contribution in [0.2, 0.25) is 0 Å². The fourth-order valence-electron chi connectivity index (χ4n) is 3.55. The molecule has 198 valence electrons. The number of esters is 1. The van der Waals surface area contributed by atoms with Gasteiger partial charge in [0.05, 0.1) is 41.2 Å². The van der Waals surface area contributed by atoms with Crippen LogP contribution < -0.4 is 11.0 Å². The fraction of sp³-hybridized carbons (Fsp3) is 0.269. The first-order valence-electron chi connectivity index (χ1n) is 11.2. The number of anilines is 1. The van der Waals surface area contributed by atoms with Crippen LogP contribution in [0.25, 0.3) is 5.69 Å². The highest BCUT2D eigenvalue weighted by molar-refractivity contribution is 5.96. The lowest BCUT2D eigenvalue weighted by atomic mass is 10.1. The highest BCUT2D eigenvalue weighted by atomic mass is 19.4. The van der Waals surface area contributed by atoms with Gasteiger partial charge in [-0.1, -0.05) is 6.07 Å². The van der Waals surface area contributed by atoms with Crippen LogP contribution in [-0.4, -0.2) is 39.1 Å². The Bertz CT molecular complexity index is 1480. The maximum atomic E-state index is 13.8. The largest absolute Gasteiger partial charge is 0.464 e. The number of alkyl halides is 3. The third-order valence-electron chi connectivity index (χ3n) is 5.45. The van der Waals surface area contributed by atoms with Crippen LogP contribution in [-0.2, 0) is 10.9 Å². The van der Waals surface area contributed by atoms with E-state index in [4.69, 9.17) is 5.26 Å². The number of nitriles is 1. The monoisotopic (exact) mass is 527 g/mol. The summed E-state index contributed by atoms with van der Waals surface area (Å²) < 4.78 is 45.6. The minimum Gasteiger partial charge on any atom is -0.464 e. The molecule has 0 bridgehead atoms. The first-order valence-corrected chi connectivity index (χ1v) is 11.2. The summed E-state index contributed by atoms with van der Waals surface area (Å²) in [5.41, 5.74) is -0.613. The maximum absolute atomic E-state index is 13.8. The number of benzene rings is 2. The molecule has 0 unspecified atom stereocenters. The summed E-state index contributed by atoms with van der Waals surface area (Å²) in [6.45, 7) is 6.47. The van der Waals surface area contributed by atoms with Crippen molar-refractivity contribution < 1.29 is 27.5 Å². The third kappa shape index (κ3) is 5.67. The second kappa shape index (κ2) is 10.4. The van der Waals surface area contributed by atoms with E-state index in [9.17, 15) is 27.6 Å². The molecule has 3 aromatic rings. The maximum Gasteiger partial charge on any atom is 0.416 e. The lowest BCUT2D eigenvalue weighted by Crippen LogP contribution is -2.50. The Morgan fingerprint density at radius 1 is 1.08 bits per heavy atom. The van der Waals surface area contributed by atoms with Gasteiger partial charge in [-0.25, -0.2) is 14.8 Å². The van der Waals surface area contributed by atoms with Crippen LogP contribution in [0.4, 0.5) is 18.9 Å². The zero-order chi connectivity index (χ0) is 28.4. The van der Waals surface area contributed by atoms with Gasteiger partial charge >= 0.3 is 12.1 Å². The molecule has 3 rings (SSSR count). The number of aromatic nitrogens is 2. The Kier molecular flexibility index (Phi) is 7.62. The lowest BCUT2D eigenvalue weighted by Gasteiger charge is -2.36. The zero-order valence-electron chi connectivity index (χ0n) is 21.2. The standard InChI is InChI=1S/C26H24F3N5O4/c1-15-20(23(36)34(25(2,3)4)32-18-11-9-16(14-30)10-12-18)31-21(24(37)38-5)22(35)33(15)19-8-6-7-17(13-19)26(27,28)29/h6-13,32H,1-5H3. The minimum atomic E-state index is -4.70. The average molecular weight is 528 g/mol. The van der Waals surface area contributed by atoms with Gasteiger partial charge in [-0.15, -0.1) is 0 Å². The van der Waals surface area contributed by atoms with Gasteiger partial charge in [0.1, 0.15) is 0 Å².